The van der Waals surface area contributed by atoms with Crippen LogP contribution in [0.2, 0.25) is 0 Å². The van der Waals surface area contributed by atoms with Crippen LogP contribution in [-0.2, 0) is 10.7 Å². The Labute approximate surface area is 215 Å². The van der Waals surface area contributed by atoms with Crippen molar-refractivity contribution in [2.75, 3.05) is 18.5 Å². The molecule has 4 rings (SSSR count). The number of hydrogen-bond donors (Lipinski definition) is 2. The normalized spacial score (nSPS) is 17.9. The summed E-state index contributed by atoms with van der Waals surface area (Å²) < 4.78 is 95.5. The van der Waals surface area contributed by atoms with E-state index in [0.29, 0.717) is 5.39 Å². The van der Waals surface area contributed by atoms with E-state index in [9.17, 15) is 27.1 Å². The molecule has 2 atom stereocenters. The van der Waals surface area contributed by atoms with E-state index < -0.39 is 46.8 Å². The molecule has 0 spiro atoms. The number of alkyl halides is 4. The molecule has 1 heterocycles. The number of anilines is 1. The fraction of sp³-hybridized carbons (Fsp3) is 0.462. The Morgan fingerprint density at radius 2 is 1.84 bits per heavy atom. The van der Waals surface area contributed by atoms with Gasteiger partial charge in [0.25, 0.3) is 5.92 Å². The fourth-order valence-electron chi connectivity index (χ4n) is 3.92. The first-order valence-electron chi connectivity index (χ1n) is 11.9. The van der Waals surface area contributed by atoms with Gasteiger partial charge in [-0.3, -0.25) is 0 Å². The van der Waals surface area contributed by atoms with Gasteiger partial charge in [0.1, 0.15) is 35.8 Å². The van der Waals surface area contributed by atoms with Crippen LogP contribution in [-0.4, -0.2) is 45.9 Å². The number of ether oxygens (including phenoxy) is 2. The minimum atomic E-state index is -3.87. The zero-order valence-electron chi connectivity index (χ0n) is 21.1. The third-order valence-corrected chi connectivity index (χ3v) is 6.24. The second-order valence-corrected chi connectivity index (χ2v) is 9.80. The number of halogens is 6. The highest BCUT2D eigenvalue weighted by atomic mass is 19.3. The zero-order chi connectivity index (χ0) is 28.0. The van der Waals surface area contributed by atoms with Crippen LogP contribution in [0.4, 0.5) is 32.2 Å². The number of aromatic nitrogens is 2. The Kier molecular flexibility index (Phi) is 7.26. The average Bonchev–Trinajstić information content (AvgIpc) is 3.42. The molecule has 38 heavy (non-hydrogen) atoms. The average molecular weight is 544 g/mol. The standard InChI is InChI=1S/C26H27F6N3O3/c1-13(15-6-5-7-17(22(15)28)26(31,32)24(3,4)36)33-23-16-10-20(18(27)11-19(16)34-14(2)35-23)37-8-9-38-21-12-25(21,29)30/h5-7,10-11,13,21,36H,8-9,12H2,1-4H3,(H,33,34,35)/t13-,21?/m1/s1. The van der Waals surface area contributed by atoms with Crippen molar-refractivity contribution in [3.8, 4) is 5.75 Å². The van der Waals surface area contributed by atoms with E-state index in [1.165, 1.54) is 25.1 Å². The summed E-state index contributed by atoms with van der Waals surface area (Å²) in [5.74, 6) is -8.42. The van der Waals surface area contributed by atoms with Crippen molar-refractivity contribution in [2.45, 2.75) is 63.7 Å². The van der Waals surface area contributed by atoms with Crippen molar-refractivity contribution in [3.05, 3.63) is 58.9 Å². The molecule has 0 aliphatic heterocycles. The van der Waals surface area contributed by atoms with E-state index in [2.05, 4.69) is 15.3 Å². The van der Waals surface area contributed by atoms with Gasteiger partial charge in [0, 0.05) is 23.4 Å². The van der Waals surface area contributed by atoms with Crippen LogP contribution in [0, 0.1) is 18.6 Å². The monoisotopic (exact) mass is 543 g/mol. The van der Waals surface area contributed by atoms with Crippen LogP contribution < -0.4 is 10.1 Å². The van der Waals surface area contributed by atoms with Crippen molar-refractivity contribution in [1.29, 1.82) is 0 Å². The van der Waals surface area contributed by atoms with Gasteiger partial charge in [-0.2, -0.15) is 8.78 Å². The Balaban J connectivity index is 1.59. The maximum atomic E-state index is 15.3. The smallest absolute Gasteiger partial charge is 0.303 e. The van der Waals surface area contributed by atoms with Gasteiger partial charge < -0.3 is 19.9 Å². The van der Waals surface area contributed by atoms with E-state index in [1.54, 1.807) is 6.92 Å². The molecule has 1 fully saturated rings. The summed E-state index contributed by atoms with van der Waals surface area (Å²) in [6.45, 7) is 4.52. The number of rotatable bonds is 10. The molecule has 3 aromatic rings. The van der Waals surface area contributed by atoms with Gasteiger partial charge in [0.05, 0.1) is 23.7 Å². The molecule has 0 saturated heterocycles. The van der Waals surface area contributed by atoms with E-state index in [0.717, 1.165) is 26.0 Å². The molecule has 0 bridgehead atoms. The number of hydrogen-bond acceptors (Lipinski definition) is 6. The van der Waals surface area contributed by atoms with E-state index >= 15 is 4.39 Å². The lowest BCUT2D eigenvalue weighted by atomic mass is 9.91. The molecule has 6 nitrogen and oxygen atoms in total. The maximum Gasteiger partial charge on any atom is 0.303 e. The third-order valence-electron chi connectivity index (χ3n) is 6.24. The lowest BCUT2D eigenvalue weighted by molar-refractivity contribution is -0.170. The Morgan fingerprint density at radius 3 is 2.47 bits per heavy atom. The van der Waals surface area contributed by atoms with Gasteiger partial charge in [-0.05, 0) is 39.8 Å². The molecule has 2 N–H and O–H groups in total. The molecule has 12 heteroatoms. The molecule has 1 aromatic heterocycles. The molecular weight excluding hydrogens is 516 g/mol. The van der Waals surface area contributed by atoms with Crippen molar-refractivity contribution < 1.29 is 40.9 Å². The highest BCUT2D eigenvalue weighted by molar-refractivity contribution is 5.90. The van der Waals surface area contributed by atoms with Gasteiger partial charge in [0.2, 0.25) is 0 Å². The Morgan fingerprint density at radius 1 is 1.16 bits per heavy atom. The van der Waals surface area contributed by atoms with Crippen LogP contribution in [0.1, 0.15) is 50.2 Å². The first-order valence-corrected chi connectivity index (χ1v) is 11.9. The Hall–Kier alpha value is -3.12. The summed E-state index contributed by atoms with van der Waals surface area (Å²) in [4.78, 5) is 8.50. The minimum Gasteiger partial charge on any atom is -0.488 e. The summed E-state index contributed by atoms with van der Waals surface area (Å²) in [7, 11) is 0. The second kappa shape index (κ2) is 9.88. The van der Waals surface area contributed by atoms with E-state index in [4.69, 9.17) is 9.47 Å². The number of aliphatic hydroxyl groups is 1. The number of aryl methyl sites for hydroxylation is 1. The summed E-state index contributed by atoms with van der Waals surface area (Å²) in [6.07, 6.45) is -1.52. The summed E-state index contributed by atoms with van der Waals surface area (Å²) in [5.41, 5.74) is -3.37. The third kappa shape index (κ3) is 5.51. The number of fused-ring (bicyclic) bond motifs is 1. The topological polar surface area (TPSA) is 76.5 Å². The predicted molar refractivity (Wildman–Crippen MR) is 128 cm³/mol. The van der Waals surface area contributed by atoms with Crippen LogP contribution in [0.25, 0.3) is 10.9 Å². The summed E-state index contributed by atoms with van der Waals surface area (Å²) in [6, 6.07) is 5.03. The number of nitrogens with zero attached hydrogens (tertiary/aromatic N) is 2. The van der Waals surface area contributed by atoms with Crippen LogP contribution in [0.15, 0.2) is 30.3 Å². The van der Waals surface area contributed by atoms with E-state index in [1.807, 2.05) is 0 Å². The molecule has 0 radical (unpaired) electrons. The molecule has 1 unspecified atom stereocenters. The molecule has 1 aliphatic rings. The summed E-state index contributed by atoms with van der Waals surface area (Å²) in [5, 5.41) is 13.1. The van der Waals surface area contributed by atoms with Crippen molar-refractivity contribution in [3.63, 3.8) is 0 Å². The SMILES string of the molecule is Cc1nc(N[C@H](C)c2cccc(C(F)(F)C(C)(C)O)c2F)c2cc(OCCOC3CC3(F)F)c(F)cc2n1. The molecule has 0 amide bonds. The first-order chi connectivity index (χ1) is 17.6. The lowest BCUT2D eigenvalue weighted by Gasteiger charge is -2.30. The molecule has 1 saturated carbocycles. The number of nitrogens with one attached hydrogen (secondary N) is 1. The van der Waals surface area contributed by atoms with Gasteiger partial charge in [-0.15, -0.1) is 0 Å². The first kappa shape index (κ1) is 27.9. The Bertz CT molecular complexity index is 1350. The minimum absolute atomic E-state index is 0.108. The zero-order valence-corrected chi connectivity index (χ0v) is 21.1. The highest BCUT2D eigenvalue weighted by Crippen LogP contribution is 2.44. The van der Waals surface area contributed by atoms with Crippen molar-refractivity contribution >= 4 is 16.7 Å². The molecular formula is C26H27F6N3O3. The largest absolute Gasteiger partial charge is 0.488 e. The summed E-state index contributed by atoms with van der Waals surface area (Å²) >= 11 is 0. The van der Waals surface area contributed by atoms with Crippen molar-refractivity contribution in [1.82, 2.24) is 9.97 Å². The lowest BCUT2D eigenvalue weighted by Crippen LogP contribution is -2.41. The maximum absolute atomic E-state index is 15.3. The fourth-order valence-corrected chi connectivity index (χ4v) is 3.92. The highest BCUT2D eigenvalue weighted by Gasteiger charge is 2.58. The molecule has 1 aliphatic carbocycles. The molecule has 206 valence electrons. The van der Waals surface area contributed by atoms with Crippen LogP contribution in [0.5, 0.6) is 5.75 Å². The second-order valence-electron chi connectivity index (χ2n) is 9.80. The number of benzene rings is 2. The van der Waals surface area contributed by atoms with E-state index in [-0.39, 0.29) is 48.1 Å². The van der Waals surface area contributed by atoms with Crippen molar-refractivity contribution in [2.24, 2.45) is 0 Å². The predicted octanol–water partition coefficient (Wildman–Crippen LogP) is 6.06. The van der Waals surface area contributed by atoms with Gasteiger partial charge in [-0.25, -0.2) is 27.5 Å². The van der Waals surface area contributed by atoms with Crippen LogP contribution in [0.3, 0.4) is 0 Å². The van der Waals surface area contributed by atoms with Gasteiger partial charge in [0.15, 0.2) is 11.6 Å². The molecule has 2 aromatic carbocycles. The quantitative estimate of drug-likeness (QED) is 0.239. The van der Waals surface area contributed by atoms with Gasteiger partial charge >= 0.3 is 5.92 Å². The van der Waals surface area contributed by atoms with Gasteiger partial charge in [-0.1, -0.05) is 12.1 Å². The van der Waals surface area contributed by atoms with Crippen LogP contribution >= 0.6 is 0 Å².